The maximum atomic E-state index is 12.4. The van der Waals surface area contributed by atoms with Crippen molar-refractivity contribution in [2.45, 2.75) is 25.8 Å². The van der Waals surface area contributed by atoms with Gasteiger partial charge in [0.15, 0.2) is 0 Å². The average Bonchev–Trinajstić information content (AvgIpc) is 3.09. The number of likely N-dealkylation sites (tertiary alicyclic amines) is 2. The first-order chi connectivity index (χ1) is 11.1. The summed E-state index contributed by atoms with van der Waals surface area (Å²) in [7, 11) is 2.15. The van der Waals surface area contributed by atoms with Crippen LogP contribution in [-0.4, -0.2) is 60.8 Å². The van der Waals surface area contributed by atoms with Gasteiger partial charge in [-0.2, -0.15) is 0 Å². The molecule has 0 radical (unpaired) electrons. The van der Waals surface area contributed by atoms with Crippen LogP contribution >= 0.6 is 0 Å². The van der Waals surface area contributed by atoms with E-state index in [1.54, 1.807) is 6.26 Å². The fraction of sp³-hybridized carbons (Fsp3) is 0.706. The molecule has 3 heterocycles. The first kappa shape index (κ1) is 16.3. The Morgan fingerprint density at radius 2 is 2.13 bits per heavy atom. The van der Waals surface area contributed by atoms with Crippen LogP contribution in [0.15, 0.2) is 22.8 Å². The summed E-state index contributed by atoms with van der Waals surface area (Å²) in [5.74, 6) is 0.931. The van der Waals surface area contributed by atoms with Crippen LogP contribution in [-0.2, 0) is 6.54 Å². The molecule has 128 valence electrons. The summed E-state index contributed by atoms with van der Waals surface area (Å²) in [6.07, 6.45) is 4.83. The molecule has 1 aromatic rings. The van der Waals surface area contributed by atoms with E-state index in [-0.39, 0.29) is 24.0 Å². The van der Waals surface area contributed by atoms with Gasteiger partial charge in [-0.1, -0.05) is 0 Å². The van der Waals surface area contributed by atoms with Gasteiger partial charge in [0.05, 0.1) is 12.8 Å². The van der Waals surface area contributed by atoms with Gasteiger partial charge in [-0.05, 0) is 56.9 Å². The minimum absolute atomic E-state index is 0.0670. The number of aliphatic hydroxyl groups excluding tert-OH is 1. The molecule has 2 N–H and O–H groups in total. The Hall–Kier alpha value is -1.53. The molecule has 6 heteroatoms. The Morgan fingerprint density at radius 3 is 2.78 bits per heavy atom. The number of piperidine rings is 2. The molecule has 0 aromatic carbocycles. The van der Waals surface area contributed by atoms with Crippen molar-refractivity contribution in [2.75, 3.05) is 39.8 Å². The first-order valence-electron chi connectivity index (χ1n) is 8.47. The Bertz CT molecular complexity index is 509. The molecular formula is C17H27N3O3. The van der Waals surface area contributed by atoms with E-state index in [0.29, 0.717) is 13.1 Å². The van der Waals surface area contributed by atoms with Crippen LogP contribution in [0.25, 0.3) is 0 Å². The Balaban J connectivity index is 1.56. The van der Waals surface area contributed by atoms with Crippen LogP contribution in [0.5, 0.6) is 0 Å². The van der Waals surface area contributed by atoms with E-state index in [9.17, 15) is 9.90 Å². The number of furan rings is 1. The summed E-state index contributed by atoms with van der Waals surface area (Å²) in [5.41, 5.74) is 0.207. The minimum atomic E-state index is -0.0670. The molecule has 1 aromatic heterocycles. The number of aliphatic hydroxyl groups is 1. The fourth-order valence-corrected chi connectivity index (χ4v) is 3.96. The van der Waals surface area contributed by atoms with E-state index in [4.69, 9.17) is 4.42 Å². The number of amides is 2. The summed E-state index contributed by atoms with van der Waals surface area (Å²) in [6, 6.07) is 3.59. The highest BCUT2D eigenvalue weighted by atomic mass is 16.3. The number of nitrogens with zero attached hydrogens (tertiary/aromatic N) is 2. The zero-order valence-electron chi connectivity index (χ0n) is 13.8. The predicted molar refractivity (Wildman–Crippen MR) is 86.9 cm³/mol. The van der Waals surface area contributed by atoms with Crippen LogP contribution in [0, 0.1) is 11.3 Å². The van der Waals surface area contributed by atoms with Crippen molar-refractivity contribution >= 4 is 6.03 Å². The van der Waals surface area contributed by atoms with Crippen molar-refractivity contribution < 1.29 is 14.3 Å². The normalized spacial score (nSPS) is 24.8. The lowest BCUT2D eigenvalue weighted by atomic mass is 9.65. The topological polar surface area (TPSA) is 69.0 Å². The molecule has 2 saturated heterocycles. The largest absolute Gasteiger partial charge is 0.467 e. The maximum Gasteiger partial charge on any atom is 0.317 e. The Morgan fingerprint density at radius 1 is 1.39 bits per heavy atom. The number of hydrogen-bond donors (Lipinski definition) is 2. The van der Waals surface area contributed by atoms with Crippen molar-refractivity contribution in [3.05, 3.63) is 24.2 Å². The van der Waals surface area contributed by atoms with Crippen LogP contribution in [0.4, 0.5) is 4.79 Å². The van der Waals surface area contributed by atoms with Crippen LogP contribution in [0.2, 0.25) is 0 Å². The zero-order valence-corrected chi connectivity index (χ0v) is 13.8. The van der Waals surface area contributed by atoms with Crippen molar-refractivity contribution in [1.29, 1.82) is 0 Å². The lowest BCUT2D eigenvalue weighted by Crippen LogP contribution is -2.55. The van der Waals surface area contributed by atoms with E-state index in [1.807, 2.05) is 17.0 Å². The Kier molecular flexibility index (Phi) is 4.92. The van der Waals surface area contributed by atoms with Gasteiger partial charge >= 0.3 is 6.03 Å². The lowest BCUT2D eigenvalue weighted by Gasteiger charge is -2.50. The number of carbonyl (C=O) groups excluding carboxylic acids is 1. The quantitative estimate of drug-likeness (QED) is 0.885. The number of urea groups is 1. The van der Waals surface area contributed by atoms with E-state index in [1.165, 1.54) is 0 Å². The number of hydrogen-bond acceptors (Lipinski definition) is 4. The third-order valence-corrected chi connectivity index (χ3v) is 5.67. The van der Waals surface area contributed by atoms with Crippen molar-refractivity contribution in [3.8, 4) is 0 Å². The molecule has 0 bridgehead atoms. The third-order valence-electron chi connectivity index (χ3n) is 5.67. The standard InChI is InChI=1S/C17H27N3O3/c1-19-7-4-17(5-8-19)6-9-20(12-14(17)13-21)16(22)18-11-15-3-2-10-23-15/h2-3,10,14,21H,4-9,11-13H2,1H3,(H,18,22)/t14-/m0/s1. The van der Waals surface area contributed by atoms with Gasteiger partial charge < -0.3 is 24.6 Å². The minimum Gasteiger partial charge on any atom is -0.467 e. The third kappa shape index (κ3) is 3.53. The van der Waals surface area contributed by atoms with Gasteiger partial charge in [0, 0.05) is 25.6 Å². The molecule has 0 saturated carbocycles. The highest BCUT2D eigenvalue weighted by molar-refractivity contribution is 5.74. The van der Waals surface area contributed by atoms with Crippen molar-refractivity contribution in [1.82, 2.24) is 15.1 Å². The molecule has 2 amide bonds. The van der Waals surface area contributed by atoms with Gasteiger partial charge in [0.25, 0.3) is 0 Å². The van der Waals surface area contributed by atoms with Crippen molar-refractivity contribution in [2.24, 2.45) is 11.3 Å². The van der Waals surface area contributed by atoms with Gasteiger partial charge in [-0.15, -0.1) is 0 Å². The second-order valence-corrected chi connectivity index (χ2v) is 6.98. The van der Waals surface area contributed by atoms with Crippen LogP contribution < -0.4 is 5.32 Å². The monoisotopic (exact) mass is 321 g/mol. The lowest BCUT2D eigenvalue weighted by molar-refractivity contribution is -0.0267. The van der Waals surface area contributed by atoms with Gasteiger partial charge in [0.2, 0.25) is 0 Å². The van der Waals surface area contributed by atoms with Gasteiger partial charge in [-0.25, -0.2) is 4.79 Å². The molecule has 2 aliphatic rings. The first-order valence-corrected chi connectivity index (χ1v) is 8.47. The molecular weight excluding hydrogens is 294 g/mol. The fourth-order valence-electron chi connectivity index (χ4n) is 3.96. The van der Waals surface area contributed by atoms with E-state index >= 15 is 0 Å². The summed E-state index contributed by atoms with van der Waals surface area (Å²) < 4.78 is 5.24. The Labute approximate surface area is 137 Å². The van der Waals surface area contributed by atoms with E-state index in [2.05, 4.69) is 17.3 Å². The number of nitrogens with one attached hydrogen (secondary N) is 1. The maximum absolute atomic E-state index is 12.4. The second kappa shape index (κ2) is 6.93. The van der Waals surface area contributed by atoms with Gasteiger partial charge in [-0.3, -0.25) is 0 Å². The predicted octanol–water partition coefficient (Wildman–Crippen LogP) is 1.52. The molecule has 0 aliphatic carbocycles. The second-order valence-electron chi connectivity index (χ2n) is 6.98. The molecule has 23 heavy (non-hydrogen) atoms. The summed E-state index contributed by atoms with van der Waals surface area (Å²) >= 11 is 0. The van der Waals surface area contributed by atoms with Gasteiger partial charge in [0.1, 0.15) is 5.76 Å². The number of carbonyl (C=O) groups is 1. The zero-order chi connectivity index (χ0) is 16.3. The smallest absolute Gasteiger partial charge is 0.317 e. The SMILES string of the molecule is CN1CCC2(CC1)CCN(C(=O)NCc1ccco1)C[C@H]2CO. The highest BCUT2D eigenvalue weighted by Crippen LogP contribution is 2.44. The average molecular weight is 321 g/mol. The summed E-state index contributed by atoms with van der Waals surface area (Å²) in [6.45, 7) is 4.14. The molecule has 2 fully saturated rings. The van der Waals surface area contributed by atoms with Crippen LogP contribution in [0.1, 0.15) is 25.0 Å². The molecule has 1 spiro atoms. The molecule has 0 unspecified atom stereocenters. The summed E-state index contributed by atoms with van der Waals surface area (Å²) in [4.78, 5) is 16.6. The van der Waals surface area contributed by atoms with E-state index in [0.717, 1.165) is 44.7 Å². The van der Waals surface area contributed by atoms with Crippen molar-refractivity contribution in [3.63, 3.8) is 0 Å². The highest BCUT2D eigenvalue weighted by Gasteiger charge is 2.44. The van der Waals surface area contributed by atoms with Crippen LogP contribution in [0.3, 0.4) is 0 Å². The summed E-state index contributed by atoms with van der Waals surface area (Å²) in [5, 5.41) is 12.8. The molecule has 2 aliphatic heterocycles. The molecule has 1 atom stereocenters. The molecule has 6 nitrogen and oxygen atoms in total. The van der Waals surface area contributed by atoms with E-state index < -0.39 is 0 Å². The molecule has 3 rings (SSSR count). The number of rotatable bonds is 3.